The maximum absolute atomic E-state index is 12.1. The fraction of sp³-hybridized carbons (Fsp3) is 0.231. The summed E-state index contributed by atoms with van der Waals surface area (Å²) in [5, 5.41) is 3.18. The molecule has 0 unspecified atom stereocenters. The molecule has 5 nitrogen and oxygen atoms in total. The Labute approximate surface area is 115 Å². The number of ether oxygens (including phenoxy) is 2. The summed E-state index contributed by atoms with van der Waals surface area (Å²) in [7, 11) is 3.04. The van der Waals surface area contributed by atoms with Gasteiger partial charge in [-0.05, 0) is 12.1 Å². The molecule has 2 rings (SSSR count). The molecular weight excluding hydrogens is 266 g/mol. The lowest BCUT2D eigenvalue weighted by molar-refractivity contribution is -0.117. The summed E-state index contributed by atoms with van der Waals surface area (Å²) < 4.78 is 10.2. The molecule has 0 spiro atoms. The molecule has 1 aliphatic heterocycles. The molecule has 1 aliphatic rings. The highest BCUT2D eigenvalue weighted by Gasteiger charge is 2.17. The standard InChI is InChI=1S/C13H13NO4S/c1-17-9-3-8(4-10(5-9)18-2)11(15)6-13-14-12(16)7-19-13/h3-6H,7H2,1-2H3,(H,14,16)/b13-6-. The number of hydrogen-bond acceptors (Lipinski definition) is 5. The SMILES string of the molecule is COc1cc(OC)cc(C(=O)/C=C2/NC(=O)CS2)c1. The van der Waals surface area contributed by atoms with Crippen LogP contribution in [0.3, 0.4) is 0 Å². The maximum Gasteiger partial charge on any atom is 0.235 e. The fourth-order valence-corrected chi connectivity index (χ4v) is 2.32. The molecule has 100 valence electrons. The highest BCUT2D eigenvalue weighted by atomic mass is 32.2. The molecule has 0 aromatic heterocycles. The number of carbonyl (C=O) groups is 2. The highest BCUT2D eigenvalue weighted by Crippen LogP contribution is 2.24. The molecule has 0 aliphatic carbocycles. The fourth-order valence-electron chi connectivity index (χ4n) is 1.58. The van der Waals surface area contributed by atoms with Crippen molar-refractivity contribution in [1.29, 1.82) is 0 Å². The Morgan fingerprint density at radius 1 is 1.26 bits per heavy atom. The van der Waals surface area contributed by atoms with Crippen LogP contribution in [-0.4, -0.2) is 31.7 Å². The quantitative estimate of drug-likeness (QED) is 0.670. The third-order valence-electron chi connectivity index (χ3n) is 2.52. The van der Waals surface area contributed by atoms with Crippen LogP contribution in [-0.2, 0) is 4.79 Å². The Morgan fingerprint density at radius 2 is 1.89 bits per heavy atom. The van der Waals surface area contributed by atoms with Crippen molar-refractivity contribution in [2.24, 2.45) is 0 Å². The lowest BCUT2D eigenvalue weighted by Crippen LogP contribution is -2.14. The molecule has 1 fully saturated rings. The van der Waals surface area contributed by atoms with Gasteiger partial charge in [-0.15, -0.1) is 0 Å². The lowest BCUT2D eigenvalue weighted by atomic mass is 10.1. The first-order chi connectivity index (χ1) is 9.12. The highest BCUT2D eigenvalue weighted by molar-refractivity contribution is 8.04. The second kappa shape index (κ2) is 5.79. The first kappa shape index (κ1) is 13.5. The molecule has 6 heteroatoms. The van der Waals surface area contributed by atoms with E-state index in [2.05, 4.69) is 5.32 Å². The Bertz CT molecular complexity index is 531. The molecule has 19 heavy (non-hydrogen) atoms. The first-order valence-electron chi connectivity index (χ1n) is 5.54. The number of benzene rings is 1. The van der Waals surface area contributed by atoms with Gasteiger partial charge in [-0.2, -0.15) is 0 Å². The van der Waals surface area contributed by atoms with Crippen LogP contribution in [0, 0.1) is 0 Å². The van der Waals surface area contributed by atoms with Crippen LogP contribution >= 0.6 is 11.8 Å². The van der Waals surface area contributed by atoms with Crippen LogP contribution < -0.4 is 14.8 Å². The van der Waals surface area contributed by atoms with Gasteiger partial charge in [0.25, 0.3) is 0 Å². The molecule has 1 saturated heterocycles. The summed E-state index contributed by atoms with van der Waals surface area (Å²) in [5.41, 5.74) is 0.449. The van der Waals surface area contributed by atoms with E-state index in [1.54, 1.807) is 18.2 Å². The predicted molar refractivity (Wildman–Crippen MR) is 72.6 cm³/mol. The summed E-state index contributed by atoms with van der Waals surface area (Å²) in [4.78, 5) is 23.1. The van der Waals surface area contributed by atoms with Crippen molar-refractivity contribution in [3.8, 4) is 11.5 Å². The molecule has 1 aromatic carbocycles. The van der Waals surface area contributed by atoms with E-state index < -0.39 is 0 Å². The zero-order valence-corrected chi connectivity index (χ0v) is 11.4. The van der Waals surface area contributed by atoms with Gasteiger partial charge in [0.2, 0.25) is 5.91 Å². The van der Waals surface area contributed by atoms with E-state index in [0.29, 0.717) is 27.8 Å². The molecule has 1 amide bonds. The Hall–Kier alpha value is -1.95. The van der Waals surface area contributed by atoms with E-state index in [9.17, 15) is 9.59 Å². The number of thioether (sulfide) groups is 1. The maximum atomic E-state index is 12.1. The van der Waals surface area contributed by atoms with Crippen LogP contribution in [0.5, 0.6) is 11.5 Å². The first-order valence-corrected chi connectivity index (χ1v) is 6.52. The molecule has 0 radical (unpaired) electrons. The van der Waals surface area contributed by atoms with E-state index in [-0.39, 0.29) is 11.7 Å². The van der Waals surface area contributed by atoms with Gasteiger partial charge in [-0.25, -0.2) is 0 Å². The van der Waals surface area contributed by atoms with Gasteiger partial charge in [-0.3, -0.25) is 9.59 Å². The summed E-state index contributed by atoms with van der Waals surface area (Å²) in [6.45, 7) is 0. The Kier molecular flexibility index (Phi) is 4.11. The van der Waals surface area contributed by atoms with E-state index in [4.69, 9.17) is 9.47 Å². The summed E-state index contributed by atoms with van der Waals surface area (Å²) in [6, 6.07) is 4.95. The Balaban J connectivity index is 2.25. The number of hydrogen-bond donors (Lipinski definition) is 1. The van der Waals surface area contributed by atoms with E-state index in [1.165, 1.54) is 32.1 Å². The van der Waals surface area contributed by atoms with Crippen molar-refractivity contribution in [2.75, 3.05) is 20.0 Å². The zero-order chi connectivity index (χ0) is 13.8. The molecule has 1 aromatic rings. The van der Waals surface area contributed by atoms with Crippen molar-refractivity contribution in [1.82, 2.24) is 5.32 Å². The molecule has 1 N–H and O–H groups in total. The second-order valence-corrected chi connectivity index (χ2v) is 4.83. The van der Waals surface area contributed by atoms with E-state index >= 15 is 0 Å². The summed E-state index contributed by atoms with van der Waals surface area (Å²) in [5.74, 6) is 1.14. The minimum absolute atomic E-state index is 0.0905. The second-order valence-electron chi connectivity index (χ2n) is 3.81. The average molecular weight is 279 g/mol. The van der Waals surface area contributed by atoms with Gasteiger partial charge in [0, 0.05) is 17.7 Å². The molecule has 0 atom stereocenters. The minimum atomic E-state index is -0.207. The van der Waals surface area contributed by atoms with Crippen LogP contribution in [0.25, 0.3) is 0 Å². The van der Waals surface area contributed by atoms with E-state index in [1.807, 2.05) is 0 Å². The topological polar surface area (TPSA) is 64.6 Å². The predicted octanol–water partition coefficient (Wildman–Crippen LogP) is 1.59. The van der Waals surface area contributed by atoms with Crippen LogP contribution in [0.2, 0.25) is 0 Å². The number of rotatable bonds is 4. The van der Waals surface area contributed by atoms with Crippen LogP contribution in [0.1, 0.15) is 10.4 Å². The normalized spacial score (nSPS) is 16.3. The van der Waals surface area contributed by atoms with Crippen molar-refractivity contribution in [3.05, 3.63) is 34.9 Å². The number of ketones is 1. The van der Waals surface area contributed by atoms with Gasteiger partial charge in [0.15, 0.2) is 5.78 Å². The monoisotopic (exact) mass is 279 g/mol. The van der Waals surface area contributed by atoms with Crippen LogP contribution in [0.15, 0.2) is 29.3 Å². The van der Waals surface area contributed by atoms with Crippen molar-refractivity contribution in [2.45, 2.75) is 0 Å². The Morgan fingerprint density at radius 3 is 2.37 bits per heavy atom. The number of carbonyl (C=O) groups excluding carboxylic acids is 2. The van der Waals surface area contributed by atoms with Gasteiger partial charge >= 0.3 is 0 Å². The lowest BCUT2D eigenvalue weighted by Gasteiger charge is -2.06. The van der Waals surface area contributed by atoms with Crippen molar-refractivity contribution < 1.29 is 19.1 Å². The number of amides is 1. The average Bonchev–Trinajstić information content (AvgIpc) is 2.83. The molecule has 0 saturated carbocycles. The van der Waals surface area contributed by atoms with E-state index in [0.717, 1.165) is 0 Å². The minimum Gasteiger partial charge on any atom is -0.497 e. The van der Waals surface area contributed by atoms with Crippen molar-refractivity contribution in [3.63, 3.8) is 0 Å². The zero-order valence-electron chi connectivity index (χ0n) is 10.6. The van der Waals surface area contributed by atoms with Gasteiger partial charge in [0.1, 0.15) is 11.5 Å². The van der Waals surface area contributed by atoms with Gasteiger partial charge in [-0.1, -0.05) is 11.8 Å². The molecular formula is C13H13NO4S. The molecule has 1 heterocycles. The largest absolute Gasteiger partial charge is 0.497 e. The van der Waals surface area contributed by atoms with Gasteiger partial charge in [0.05, 0.1) is 25.0 Å². The third kappa shape index (κ3) is 3.29. The smallest absolute Gasteiger partial charge is 0.235 e. The number of allylic oxidation sites excluding steroid dienone is 1. The summed E-state index contributed by atoms with van der Waals surface area (Å²) >= 11 is 1.31. The van der Waals surface area contributed by atoms with Gasteiger partial charge < -0.3 is 14.8 Å². The number of nitrogens with one attached hydrogen (secondary N) is 1. The third-order valence-corrected chi connectivity index (χ3v) is 3.46. The number of methoxy groups -OCH3 is 2. The van der Waals surface area contributed by atoms with Crippen molar-refractivity contribution >= 4 is 23.5 Å². The van der Waals surface area contributed by atoms with Crippen LogP contribution in [0.4, 0.5) is 0 Å². The molecule has 0 bridgehead atoms. The summed E-state index contributed by atoms with van der Waals surface area (Å²) in [6.07, 6.45) is 1.41.